The molecule has 1 aliphatic heterocycles. The number of benzene rings is 2. The molecule has 1 heterocycles. The van der Waals surface area contributed by atoms with Gasteiger partial charge in [0.15, 0.2) is 13.2 Å². The fourth-order valence-electron chi connectivity index (χ4n) is 2.56. The molecule has 0 aliphatic carbocycles. The van der Waals surface area contributed by atoms with E-state index in [2.05, 4.69) is 15.9 Å². The van der Waals surface area contributed by atoms with Crippen LogP contribution in [0.5, 0.6) is 5.75 Å². The highest BCUT2D eigenvalue weighted by Crippen LogP contribution is 2.27. The SMILES string of the molecule is O=C(COc1cccc(Br)c1)OCC(=O)N1CCc2ccccc21. The van der Waals surface area contributed by atoms with Gasteiger partial charge in [0, 0.05) is 16.7 Å². The minimum atomic E-state index is -0.573. The number of amides is 1. The van der Waals surface area contributed by atoms with Crippen molar-refractivity contribution in [3.63, 3.8) is 0 Å². The third-order valence-electron chi connectivity index (χ3n) is 3.70. The number of ether oxygens (including phenoxy) is 2. The normalized spacial score (nSPS) is 12.6. The number of anilines is 1. The van der Waals surface area contributed by atoms with Gasteiger partial charge in [-0.15, -0.1) is 0 Å². The molecule has 0 bridgehead atoms. The van der Waals surface area contributed by atoms with Crippen molar-refractivity contribution in [2.24, 2.45) is 0 Å². The predicted octanol–water partition coefficient (Wildman–Crippen LogP) is 2.96. The first-order valence-corrected chi connectivity index (χ1v) is 8.35. The summed E-state index contributed by atoms with van der Waals surface area (Å²) in [6, 6.07) is 14.9. The fourth-order valence-corrected chi connectivity index (χ4v) is 2.94. The maximum absolute atomic E-state index is 12.2. The lowest BCUT2D eigenvalue weighted by atomic mass is 10.2. The highest BCUT2D eigenvalue weighted by atomic mass is 79.9. The number of para-hydroxylation sites is 1. The second kappa shape index (κ2) is 7.49. The van der Waals surface area contributed by atoms with E-state index in [1.165, 1.54) is 0 Å². The quantitative estimate of drug-likeness (QED) is 0.737. The van der Waals surface area contributed by atoms with Crippen molar-refractivity contribution in [3.05, 3.63) is 58.6 Å². The molecule has 0 atom stereocenters. The van der Waals surface area contributed by atoms with Gasteiger partial charge in [0.1, 0.15) is 5.75 Å². The summed E-state index contributed by atoms with van der Waals surface area (Å²) in [6.45, 7) is 0.0968. The van der Waals surface area contributed by atoms with Gasteiger partial charge in [0.2, 0.25) is 0 Å². The molecule has 0 unspecified atom stereocenters. The Morgan fingerprint density at radius 2 is 1.92 bits per heavy atom. The number of halogens is 1. The minimum absolute atomic E-state index is 0.226. The van der Waals surface area contributed by atoms with Crippen LogP contribution in [0.25, 0.3) is 0 Å². The molecule has 2 aromatic carbocycles. The van der Waals surface area contributed by atoms with Crippen LogP contribution in [-0.4, -0.2) is 31.6 Å². The van der Waals surface area contributed by atoms with Crippen LogP contribution in [-0.2, 0) is 20.7 Å². The number of hydrogen-bond acceptors (Lipinski definition) is 4. The Kier molecular flexibility index (Phi) is 5.15. The lowest BCUT2D eigenvalue weighted by Gasteiger charge is -2.17. The molecule has 3 rings (SSSR count). The Morgan fingerprint density at radius 1 is 1.08 bits per heavy atom. The molecule has 124 valence electrons. The number of nitrogens with zero attached hydrogens (tertiary/aromatic N) is 1. The van der Waals surface area contributed by atoms with Gasteiger partial charge in [-0.3, -0.25) is 4.79 Å². The lowest BCUT2D eigenvalue weighted by Crippen LogP contribution is -2.33. The van der Waals surface area contributed by atoms with E-state index >= 15 is 0 Å². The molecule has 0 saturated heterocycles. The first-order valence-electron chi connectivity index (χ1n) is 7.56. The van der Waals surface area contributed by atoms with E-state index in [4.69, 9.17) is 9.47 Å². The number of carbonyl (C=O) groups excluding carboxylic acids is 2. The summed E-state index contributed by atoms with van der Waals surface area (Å²) in [6.07, 6.45) is 0.821. The van der Waals surface area contributed by atoms with Crippen molar-refractivity contribution in [2.45, 2.75) is 6.42 Å². The van der Waals surface area contributed by atoms with Crippen LogP contribution in [0.3, 0.4) is 0 Å². The molecule has 0 spiro atoms. The monoisotopic (exact) mass is 389 g/mol. The number of hydrogen-bond donors (Lipinski definition) is 0. The van der Waals surface area contributed by atoms with Gasteiger partial charge in [0.05, 0.1) is 0 Å². The lowest BCUT2D eigenvalue weighted by molar-refractivity contribution is -0.149. The summed E-state index contributed by atoms with van der Waals surface area (Å²) >= 11 is 3.32. The summed E-state index contributed by atoms with van der Waals surface area (Å²) in [5.41, 5.74) is 2.03. The van der Waals surface area contributed by atoms with Gasteiger partial charge < -0.3 is 14.4 Å². The van der Waals surface area contributed by atoms with Gasteiger partial charge in [0.25, 0.3) is 5.91 Å². The smallest absolute Gasteiger partial charge is 0.344 e. The Labute approximate surface area is 148 Å². The van der Waals surface area contributed by atoms with Gasteiger partial charge in [-0.25, -0.2) is 4.79 Å². The Morgan fingerprint density at radius 3 is 2.75 bits per heavy atom. The molecule has 0 aromatic heterocycles. The summed E-state index contributed by atoms with van der Waals surface area (Å²) < 4.78 is 11.2. The largest absolute Gasteiger partial charge is 0.482 e. The van der Waals surface area contributed by atoms with Crippen molar-refractivity contribution < 1.29 is 19.1 Å². The van der Waals surface area contributed by atoms with Crippen molar-refractivity contribution >= 4 is 33.5 Å². The van der Waals surface area contributed by atoms with Crippen molar-refractivity contribution in [1.29, 1.82) is 0 Å². The molecule has 0 radical (unpaired) electrons. The van der Waals surface area contributed by atoms with Crippen LogP contribution in [0.15, 0.2) is 53.0 Å². The van der Waals surface area contributed by atoms with Crippen molar-refractivity contribution in [2.75, 3.05) is 24.7 Å². The highest BCUT2D eigenvalue weighted by Gasteiger charge is 2.24. The van der Waals surface area contributed by atoms with Crippen LogP contribution in [0, 0.1) is 0 Å². The van der Waals surface area contributed by atoms with E-state index in [1.54, 1.807) is 23.1 Å². The maximum atomic E-state index is 12.2. The molecule has 1 amide bonds. The molecule has 24 heavy (non-hydrogen) atoms. The second-order valence-electron chi connectivity index (χ2n) is 5.33. The number of rotatable bonds is 5. The zero-order chi connectivity index (χ0) is 16.9. The summed E-state index contributed by atoms with van der Waals surface area (Å²) in [7, 11) is 0. The topological polar surface area (TPSA) is 55.8 Å². The third kappa shape index (κ3) is 3.94. The van der Waals surface area contributed by atoms with Crippen molar-refractivity contribution in [1.82, 2.24) is 0 Å². The summed E-state index contributed by atoms with van der Waals surface area (Å²) in [4.78, 5) is 25.6. The minimum Gasteiger partial charge on any atom is -0.482 e. The Balaban J connectivity index is 1.47. The predicted molar refractivity (Wildman–Crippen MR) is 93.1 cm³/mol. The van der Waals surface area contributed by atoms with Crippen molar-refractivity contribution in [3.8, 4) is 5.75 Å². The molecule has 2 aromatic rings. The van der Waals surface area contributed by atoms with Gasteiger partial charge in [-0.05, 0) is 36.2 Å². The molecule has 1 aliphatic rings. The van der Waals surface area contributed by atoms with E-state index in [9.17, 15) is 9.59 Å². The third-order valence-corrected chi connectivity index (χ3v) is 4.19. The maximum Gasteiger partial charge on any atom is 0.344 e. The molecular formula is C18H16BrNO4. The summed E-state index contributed by atoms with van der Waals surface area (Å²) in [5, 5.41) is 0. The van der Waals surface area contributed by atoms with Crippen LogP contribution in [0.1, 0.15) is 5.56 Å². The zero-order valence-electron chi connectivity index (χ0n) is 12.9. The standard InChI is InChI=1S/C18H16BrNO4/c19-14-5-3-6-15(10-14)23-12-18(22)24-11-17(21)20-9-8-13-4-1-2-7-16(13)20/h1-7,10H,8-9,11-12H2. The zero-order valence-corrected chi connectivity index (χ0v) is 14.5. The number of carbonyl (C=O) groups is 2. The Bertz CT molecular complexity index is 762. The van der Waals surface area contributed by atoms with E-state index in [0.29, 0.717) is 12.3 Å². The van der Waals surface area contributed by atoms with Crippen LogP contribution in [0.2, 0.25) is 0 Å². The molecule has 0 fully saturated rings. The summed E-state index contributed by atoms with van der Waals surface area (Å²) in [5.74, 6) is -0.243. The van der Waals surface area contributed by atoms with Crippen LogP contribution < -0.4 is 9.64 Å². The van der Waals surface area contributed by atoms with E-state index < -0.39 is 5.97 Å². The number of esters is 1. The first-order chi connectivity index (χ1) is 11.6. The molecule has 5 nitrogen and oxygen atoms in total. The highest BCUT2D eigenvalue weighted by molar-refractivity contribution is 9.10. The first kappa shape index (κ1) is 16.5. The van der Waals surface area contributed by atoms with E-state index in [1.807, 2.05) is 30.3 Å². The van der Waals surface area contributed by atoms with Crippen LogP contribution in [0.4, 0.5) is 5.69 Å². The van der Waals surface area contributed by atoms with E-state index in [-0.39, 0.29) is 19.1 Å². The van der Waals surface area contributed by atoms with Gasteiger partial charge >= 0.3 is 5.97 Å². The second-order valence-corrected chi connectivity index (χ2v) is 6.25. The van der Waals surface area contributed by atoms with Gasteiger partial charge in [-0.2, -0.15) is 0 Å². The Hall–Kier alpha value is -2.34. The molecule has 0 N–H and O–H groups in total. The molecule has 0 saturated carbocycles. The van der Waals surface area contributed by atoms with Crippen LogP contribution >= 0.6 is 15.9 Å². The fraction of sp³-hybridized carbons (Fsp3) is 0.222. The van der Waals surface area contributed by atoms with E-state index in [0.717, 1.165) is 22.1 Å². The number of fused-ring (bicyclic) bond motifs is 1. The molecule has 6 heteroatoms. The average molecular weight is 390 g/mol. The average Bonchev–Trinajstić information content (AvgIpc) is 3.02. The molecular weight excluding hydrogens is 374 g/mol. The van der Waals surface area contributed by atoms with Gasteiger partial charge in [-0.1, -0.05) is 40.2 Å².